The summed E-state index contributed by atoms with van der Waals surface area (Å²) in [7, 11) is 1.85. The highest BCUT2D eigenvalue weighted by Gasteiger charge is 2.09. The van der Waals surface area contributed by atoms with Gasteiger partial charge in [-0.2, -0.15) is 0 Å². The third kappa shape index (κ3) is 5.60. The quantitative estimate of drug-likeness (QED) is 0.521. The number of thioether (sulfide) groups is 1. The van der Waals surface area contributed by atoms with Gasteiger partial charge in [0.05, 0.1) is 6.61 Å². The van der Waals surface area contributed by atoms with Crippen LogP contribution < -0.4 is 4.74 Å². The Labute approximate surface area is 149 Å². The van der Waals surface area contributed by atoms with Crippen molar-refractivity contribution in [2.45, 2.75) is 31.2 Å². The molecule has 0 saturated heterocycles. The minimum atomic E-state index is 0.150. The van der Waals surface area contributed by atoms with Crippen LogP contribution in [0.2, 0.25) is 0 Å². The van der Waals surface area contributed by atoms with Crippen molar-refractivity contribution in [3.05, 3.63) is 59.7 Å². The SMILES string of the molecule is CSc1ccc(CN(C)C(=O)CCCOc2ccccc2C)cc1. The molecule has 0 aliphatic carbocycles. The molecule has 24 heavy (non-hydrogen) atoms. The van der Waals surface area contributed by atoms with Gasteiger partial charge in [0.2, 0.25) is 5.91 Å². The van der Waals surface area contributed by atoms with Crippen molar-refractivity contribution in [3.63, 3.8) is 0 Å². The molecule has 2 rings (SSSR count). The number of carbonyl (C=O) groups is 1. The van der Waals surface area contributed by atoms with E-state index in [4.69, 9.17) is 4.74 Å². The number of aryl methyl sites for hydroxylation is 1. The van der Waals surface area contributed by atoms with Gasteiger partial charge in [0.15, 0.2) is 0 Å². The number of nitrogens with zero attached hydrogens (tertiary/aromatic N) is 1. The van der Waals surface area contributed by atoms with E-state index in [0.717, 1.165) is 23.3 Å². The average molecular weight is 343 g/mol. The zero-order valence-corrected chi connectivity index (χ0v) is 15.4. The van der Waals surface area contributed by atoms with Crippen LogP contribution in [-0.4, -0.2) is 30.7 Å². The largest absolute Gasteiger partial charge is 0.493 e. The smallest absolute Gasteiger partial charge is 0.222 e. The van der Waals surface area contributed by atoms with E-state index < -0.39 is 0 Å². The van der Waals surface area contributed by atoms with Crippen LogP contribution in [0.15, 0.2) is 53.4 Å². The van der Waals surface area contributed by atoms with Gasteiger partial charge < -0.3 is 9.64 Å². The van der Waals surface area contributed by atoms with E-state index in [1.807, 2.05) is 38.2 Å². The van der Waals surface area contributed by atoms with Gasteiger partial charge in [0.25, 0.3) is 0 Å². The number of rotatable bonds is 8. The maximum Gasteiger partial charge on any atom is 0.222 e. The molecule has 4 heteroatoms. The number of para-hydroxylation sites is 1. The van der Waals surface area contributed by atoms with E-state index >= 15 is 0 Å². The molecular formula is C20H25NO2S. The third-order valence-corrected chi connectivity index (χ3v) is 4.63. The summed E-state index contributed by atoms with van der Waals surface area (Å²) in [4.78, 5) is 15.2. The van der Waals surface area contributed by atoms with Crippen LogP contribution in [0.3, 0.4) is 0 Å². The zero-order valence-electron chi connectivity index (χ0n) is 14.6. The topological polar surface area (TPSA) is 29.5 Å². The van der Waals surface area contributed by atoms with E-state index in [1.165, 1.54) is 4.90 Å². The van der Waals surface area contributed by atoms with Gasteiger partial charge in [0.1, 0.15) is 5.75 Å². The Morgan fingerprint density at radius 2 is 1.83 bits per heavy atom. The Morgan fingerprint density at radius 1 is 1.12 bits per heavy atom. The van der Waals surface area contributed by atoms with Gasteiger partial charge in [0, 0.05) is 24.9 Å². The zero-order chi connectivity index (χ0) is 17.4. The molecule has 1 amide bonds. The number of carbonyl (C=O) groups excluding carboxylic acids is 1. The fraction of sp³-hybridized carbons (Fsp3) is 0.350. The molecule has 0 N–H and O–H groups in total. The Balaban J connectivity index is 1.72. The first-order valence-electron chi connectivity index (χ1n) is 8.15. The van der Waals surface area contributed by atoms with Crippen molar-refractivity contribution in [3.8, 4) is 5.75 Å². The van der Waals surface area contributed by atoms with Crippen molar-refractivity contribution in [1.82, 2.24) is 4.90 Å². The first-order chi connectivity index (χ1) is 11.6. The first-order valence-corrected chi connectivity index (χ1v) is 9.38. The Kier molecular flexibility index (Phi) is 7.19. The second-order valence-corrected chi connectivity index (χ2v) is 6.70. The van der Waals surface area contributed by atoms with Crippen molar-refractivity contribution >= 4 is 17.7 Å². The van der Waals surface area contributed by atoms with Crippen LogP contribution in [0, 0.1) is 6.92 Å². The second kappa shape index (κ2) is 9.38. The highest BCUT2D eigenvalue weighted by Crippen LogP contribution is 2.17. The predicted octanol–water partition coefficient (Wildman–Crippen LogP) is 4.53. The lowest BCUT2D eigenvalue weighted by atomic mass is 10.2. The summed E-state index contributed by atoms with van der Waals surface area (Å²) in [5, 5.41) is 0. The van der Waals surface area contributed by atoms with E-state index in [9.17, 15) is 4.79 Å². The lowest BCUT2D eigenvalue weighted by Crippen LogP contribution is -2.26. The maximum atomic E-state index is 12.2. The molecule has 0 bridgehead atoms. The summed E-state index contributed by atoms with van der Waals surface area (Å²) in [6.07, 6.45) is 3.29. The molecule has 0 saturated carbocycles. The normalized spacial score (nSPS) is 10.5. The number of hydrogen-bond acceptors (Lipinski definition) is 3. The van der Waals surface area contributed by atoms with Crippen LogP contribution in [-0.2, 0) is 11.3 Å². The number of amides is 1. The molecule has 0 heterocycles. The van der Waals surface area contributed by atoms with E-state index in [0.29, 0.717) is 19.6 Å². The maximum absolute atomic E-state index is 12.2. The molecule has 128 valence electrons. The minimum Gasteiger partial charge on any atom is -0.493 e. The van der Waals surface area contributed by atoms with Gasteiger partial charge in [-0.3, -0.25) is 4.79 Å². The van der Waals surface area contributed by atoms with Crippen LogP contribution >= 0.6 is 11.8 Å². The molecule has 0 aromatic heterocycles. The van der Waals surface area contributed by atoms with Crippen molar-refractivity contribution < 1.29 is 9.53 Å². The molecular weight excluding hydrogens is 318 g/mol. The molecule has 2 aromatic carbocycles. The highest BCUT2D eigenvalue weighted by molar-refractivity contribution is 7.98. The Morgan fingerprint density at radius 3 is 2.50 bits per heavy atom. The number of ether oxygens (including phenoxy) is 1. The predicted molar refractivity (Wildman–Crippen MR) is 101 cm³/mol. The lowest BCUT2D eigenvalue weighted by Gasteiger charge is -2.17. The van der Waals surface area contributed by atoms with Gasteiger partial charge in [-0.15, -0.1) is 11.8 Å². The standard InChI is InChI=1S/C20H25NO2S/c1-16-7-4-5-8-19(16)23-14-6-9-20(22)21(2)15-17-10-12-18(24-3)13-11-17/h4-5,7-8,10-13H,6,9,14-15H2,1-3H3. The molecule has 0 unspecified atom stereocenters. The number of hydrogen-bond donors (Lipinski definition) is 0. The van der Waals surface area contributed by atoms with Crippen LogP contribution in [0.5, 0.6) is 5.75 Å². The van der Waals surface area contributed by atoms with Crippen molar-refractivity contribution in [2.75, 3.05) is 19.9 Å². The summed E-state index contributed by atoms with van der Waals surface area (Å²) >= 11 is 1.72. The molecule has 3 nitrogen and oxygen atoms in total. The Bertz CT molecular complexity index is 655. The van der Waals surface area contributed by atoms with Crippen LogP contribution in [0.25, 0.3) is 0 Å². The van der Waals surface area contributed by atoms with E-state index in [1.54, 1.807) is 16.7 Å². The fourth-order valence-corrected chi connectivity index (χ4v) is 2.82. The van der Waals surface area contributed by atoms with Gasteiger partial charge >= 0.3 is 0 Å². The van der Waals surface area contributed by atoms with Gasteiger partial charge in [-0.05, 0) is 48.9 Å². The summed E-state index contributed by atoms with van der Waals surface area (Å²) < 4.78 is 5.74. The van der Waals surface area contributed by atoms with Crippen LogP contribution in [0.4, 0.5) is 0 Å². The second-order valence-electron chi connectivity index (χ2n) is 5.82. The van der Waals surface area contributed by atoms with Gasteiger partial charge in [-0.25, -0.2) is 0 Å². The molecule has 0 aliphatic rings. The molecule has 0 aliphatic heterocycles. The van der Waals surface area contributed by atoms with E-state index in [-0.39, 0.29) is 5.91 Å². The van der Waals surface area contributed by atoms with Gasteiger partial charge in [-0.1, -0.05) is 30.3 Å². The first kappa shape index (κ1) is 18.4. The highest BCUT2D eigenvalue weighted by atomic mass is 32.2. The monoisotopic (exact) mass is 343 g/mol. The van der Waals surface area contributed by atoms with E-state index in [2.05, 4.69) is 30.5 Å². The molecule has 0 fully saturated rings. The fourth-order valence-electron chi connectivity index (χ4n) is 2.41. The molecule has 0 atom stereocenters. The summed E-state index contributed by atoms with van der Waals surface area (Å²) in [6.45, 7) is 3.23. The summed E-state index contributed by atoms with van der Waals surface area (Å²) in [6, 6.07) is 16.3. The molecule has 0 spiro atoms. The number of benzene rings is 2. The molecule has 0 radical (unpaired) electrons. The van der Waals surface area contributed by atoms with Crippen molar-refractivity contribution in [2.24, 2.45) is 0 Å². The molecule has 2 aromatic rings. The third-order valence-electron chi connectivity index (χ3n) is 3.89. The van der Waals surface area contributed by atoms with Crippen molar-refractivity contribution in [1.29, 1.82) is 0 Å². The van der Waals surface area contributed by atoms with Crippen LogP contribution in [0.1, 0.15) is 24.0 Å². The average Bonchev–Trinajstić information content (AvgIpc) is 2.60. The summed E-state index contributed by atoms with van der Waals surface area (Å²) in [5.41, 5.74) is 2.27. The lowest BCUT2D eigenvalue weighted by molar-refractivity contribution is -0.130. The minimum absolute atomic E-state index is 0.150. The summed E-state index contributed by atoms with van der Waals surface area (Å²) in [5.74, 6) is 1.05. The Hall–Kier alpha value is -1.94.